The number of rotatable bonds is 8. The molecule has 2 aromatic rings. The molecule has 1 atom stereocenters. The molecule has 2 aromatic carbocycles. The third-order valence-corrected chi connectivity index (χ3v) is 7.55. The van der Waals surface area contributed by atoms with Crippen molar-refractivity contribution in [1.29, 1.82) is 0 Å². The molecule has 0 spiro atoms. The van der Waals surface area contributed by atoms with Gasteiger partial charge in [-0.05, 0) is 68.1 Å². The molecule has 31 heavy (non-hydrogen) atoms. The highest BCUT2D eigenvalue weighted by Crippen LogP contribution is 2.25. The monoisotopic (exact) mass is 446 g/mol. The molecule has 1 saturated heterocycles. The van der Waals surface area contributed by atoms with Gasteiger partial charge in [0, 0.05) is 13.1 Å². The zero-order chi connectivity index (χ0) is 22.4. The van der Waals surface area contributed by atoms with E-state index in [1.165, 1.54) is 23.5 Å². The van der Waals surface area contributed by atoms with Gasteiger partial charge in [0.15, 0.2) is 0 Å². The number of amides is 1. The van der Waals surface area contributed by atoms with E-state index in [-0.39, 0.29) is 23.3 Å². The van der Waals surface area contributed by atoms with E-state index in [1.807, 2.05) is 32.0 Å². The first kappa shape index (κ1) is 23.1. The highest BCUT2D eigenvalue weighted by molar-refractivity contribution is 7.89. The number of piperidine rings is 1. The number of hydrogen-bond acceptors (Lipinski definition) is 5. The van der Waals surface area contributed by atoms with Gasteiger partial charge < -0.3 is 14.8 Å². The van der Waals surface area contributed by atoms with Crippen LogP contribution in [0.15, 0.2) is 47.4 Å². The molecule has 1 N–H and O–H groups in total. The van der Waals surface area contributed by atoms with Crippen LogP contribution < -0.4 is 14.8 Å². The van der Waals surface area contributed by atoms with E-state index >= 15 is 0 Å². The molecule has 7 nitrogen and oxygen atoms in total. The predicted octanol–water partition coefficient (Wildman–Crippen LogP) is 2.91. The quantitative estimate of drug-likeness (QED) is 0.631. The summed E-state index contributed by atoms with van der Waals surface area (Å²) in [6, 6.07) is 12.2. The maximum Gasteiger partial charge on any atom is 0.243 e. The van der Waals surface area contributed by atoms with Crippen molar-refractivity contribution >= 4 is 15.9 Å². The number of benzene rings is 2. The van der Waals surface area contributed by atoms with E-state index in [9.17, 15) is 13.2 Å². The number of methoxy groups -OCH3 is 1. The van der Waals surface area contributed by atoms with Crippen LogP contribution in [0.4, 0.5) is 0 Å². The minimum Gasteiger partial charge on any atom is -0.497 e. The van der Waals surface area contributed by atoms with Gasteiger partial charge >= 0.3 is 0 Å². The highest BCUT2D eigenvalue weighted by atomic mass is 32.2. The van der Waals surface area contributed by atoms with Crippen molar-refractivity contribution in [3.8, 4) is 11.5 Å². The maximum absolute atomic E-state index is 13.0. The number of nitrogens with zero attached hydrogens (tertiary/aromatic N) is 1. The van der Waals surface area contributed by atoms with Crippen LogP contribution >= 0.6 is 0 Å². The summed E-state index contributed by atoms with van der Waals surface area (Å²) in [5.41, 5.74) is 2.24. The molecule has 0 radical (unpaired) electrons. The Labute approximate surface area is 184 Å². The summed E-state index contributed by atoms with van der Waals surface area (Å²) in [5, 5.41) is 2.88. The average molecular weight is 447 g/mol. The van der Waals surface area contributed by atoms with Crippen LogP contribution in [-0.4, -0.2) is 52.0 Å². The van der Waals surface area contributed by atoms with Gasteiger partial charge in [-0.15, -0.1) is 0 Å². The lowest BCUT2D eigenvalue weighted by Gasteiger charge is -2.31. The number of hydrogen-bond donors (Lipinski definition) is 1. The van der Waals surface area contributed by atoms with Crippen molar-refractivity contribution in [3.05, 3.63) is 53.6 Å². The molecule has 1 unspecified atom stereocenters. The van der Waals surface area contributed by atoms with Gasteiger partial charge in [0.05, 0.1) is 24.5 Å². The Hall–Kier alpha value is -2.58. The Kier molecular flexibility index (Phi) is 7.56. The molecule has 0 aromatic heterocycles. The fraction of sp³-hybridized carbons (Fsp3) is 0.435. The van der Waals surface area contributed by atoms with Gasteiger partial charge in [-0.25, -0.2) is 8.42 Å². The highest BCUT2D eigenvalue weighted by Gasteiger charge is 2.33. The van der Waals surface area contributed by atoms with Crippen LogP contribution in [0.2, 0.25) is 0 Å². The molecule has 1 fully saturated rings. The van der Waals surface area contributed by atoms with Crippen molar-refractivity contribution in [2.24, 2.45) is 5.92 Å². The van der Waals surface area contributed by atoms with Crippen LogP contribution in [0.5, 0.6) is 11.5 Å². The first-order chi connectivity index (χ1) is 14.8. The number of sulfonamides is 1. The van der Waals surface area contributed by atoms with Crippen LogP contribution in [0.25, 0.3) is 0 Å². The molecule has 1 aliphatic rings. The molecule has 1 aliphatic heterocycles. The summed E-state index contributed by atoms with van der Waals surface area (Å²) in [7, 11) is -2.12. The summed E-state index contributed by atoms with van der Waals surface area (Å²) in [6.07, 6.45) is 1.31. The lowest BCUT2D eigenvalue weighted by atomic mass is 9.99. The smallest absolute Gasteiger partial charge is 0.243 e. The molecule has 0 saturated carbocycles. The Bertz CT molecular complexity index is 1010. The maximum atomic E-state index is 13.0. The van der Waals surface area contributed by atoms with Crippen LogP contribution in [0.3, 0.4) is 0 Å². The Morgan fingerprint density at radius 2 is 1.90 bits per heavy atom. The standard InChI is InChI=1S/C23H30N2O5S/c1-17-6-4-8-22(18(17)2)30-15-13-24-23(26)19-7-5-14-25(16-19)31(27,28)21-11-9-20(29-3)10-12-21/h4,6,8-12,19H,5,7,13-16H2,1-3H3,(H,24,26). The summed E-state index contributed by atoms with van der Waals surface area (Å²) in [6.45, 7) is 5.35. The number of nitrogens with one attached hydrogen (secondary N) is 1. The number of carbonyl (C=O) groups excluding carboxylic acids is 1. The number of aryl methyl sites for hydroxylation is 1. The Morgan fingerprint density at radius 3 is 2.61 bits per heavy atom. The predicted molar refractivity (Wildman–Crippen MR) is 119 cm³/mol. The lowest BCUT2D eigenvalue weighted by molar-refractivity contribution is -0.126. The molecule has 3 rings (SSSR count). The van der Waals surface area contributed by atoms with Gasteiger partial charge in [0.1, 0.15) is 18.1 Å². The summed E-state index contributed by atoms with van der Waals surface area (Å²) in [5.74, 6) is 0.892. The minimum absolute atomic E-state index is 0.140. The first-order valence-corrected chi connectivity index (χ1v) is 11.9. The zero-order valence-electron chi connectivity index (χ0n) is 18.3. The summed E-state index contributed by atoms with van der Waals surface area (Å²) >= 11 is 0. The largest absolute Gasteiger partial charge is 0.497 e. The van der Waals surface area contributed by atoms with E-state index in [2.05, 4.69) is 5.32 Å². The van der Waals surface area contributed by atoms with Gasteiger partial charge in [0.25, 0.3) is 0 Å². The third-order valence-electron chi connectivity index (χ3n) is 5.67. The van der Waals surface area contributed by atoms with E-state index in [1.54, 1.807) is 12.1 Å². The molecule has 168 valence electrons. The first-order valence-electron chi connectivity index (χ1n) is 10.4. The second-order valence-electron chi connectivity index (χ2n) is 7.72. The molecular weight excluding hydrogens is 416 g/mol. The fourth-order valence-electron chi connectivity index (χ4n) is 3.63. The minimum atomic E-state index is -3.65. The van der Waals surface area contributed by atoms with Crippen LogP contribution in [0, 0.1) is 19.8 Å². The molecule has 1 heterocycles. The number of carbonyl (C=O) groups is 1. The van der Waals surface area contributed by atoms with E-state index in [4.69, 9.17) is 9.47 Å². The normalized spacial score (nSPS) is 17.2. The number of ether oxygens (including phenoxy) is 2. The molecule has 0 bridgehead atoms. The van der Waals surface area contributed by atoms with Gasteiger partial charge in [0.2, 0.25) is 15.9 Å². The fourth-order valence-corrected chi connectivity index (χ4v) is 5.16. The van der Waals surface area contributed by atoms with Gasteiger partial charge in [-0.1, -0.05) is 12.1 Å². The Morgan fingerprint density at radius 1 is 1.16 bits per heavy atom. The van der Waals surface area contributed by atoms with E-state index in [0.717, 1.165) is 16.9 Å². The van der Waals surface area contributed by atoms with Crippen molar-refractivity contribution < 1.29 is 22.7 Å². The lowest BCUT2D eigenvalue weighted by Crippen LogP contribution is -2.45. The summed E-state index contributed by atoms with van der Waals surface area (Å²) < 4.78 is 38.2. The van der Waals surface area contributed by atoms with Crippen LogP contribution in [-0.2, 0) is 14.8 Å². The van der Waals surface area contributed by atoms with Gasteiger partial charge in [-0.3, -0.25) is 4.79 Å². The molecule has 1 amide bonds. The van der Waals surface area contributed by atoms with Crippen LogP contribution in [0.1, 0.15) is 24.0 Å². The van der Waals surface area contributed by atoms with Gasteiger partial charge in [-0.2, -0.15) is 4.31 Å². The Balaban J connectivity index is 1.53. The summed E-state index contributed by atoms with van der Waals surface area (Å²) in [4.78, 5) is 12.8. The molecule has 0 aliphatic carbocycles. The second kappa shape index (κ2) is 10.2. The molecule has 8 heteroatoms. The average Bonchev–Trinajstić information content (AvgIpc) is 2.79. The topological polar surface area (TPSA) is 84.9 Å². The van der Waals surface area contributed by atoms with Crippen molar-refractivity contribution in [1.82, 2.24) is 9.62 Å². The van der Waals surface area contributed by atoms with Crippen molar-refractivity contribution in [2.75, 3.05) is 33.4 Å². The third kappa shape index (κ3) is 5.57. The molecular formula is C23H30N2O5S. The van der Waals surface area contributed by atoms with E-state index < -0.39 is 10.0 Å². The SMILES string of the molecule is COc1ccc(S(=O)(=O)N2CCCC(C(=O)NCCOc3cccc(C)c3C)C2)cc1. The zero-order valence-corrected chi connectivity index (χ0v) is 19.1. The van der Waals surface area contributed by atoms with E-state index in [0.29, 0.717) is 38.3 Å². The van der Waals surface area contributed by atoms with Crippen molar-refractivity contribution in [3.63, 3.8) is 0 Å². The van der Waals surface area contributed by atoms with Crippen molar-refractivity contribution in [2.45, 2.75) is 31.6 Å². The second-order valence-corrected chi connectivity index (χ2v) is 9.65.